The van der Waals surface area contributed by atoms with Gasteiger partial charge >= 0.3 is 0 Å². The van der Waals surface area contributed by atoms with Crippen LogP contribution in [0.4, 0.5) is 4.39 Å². The molecule has 17 heavy (non-hydrogen) atoms. The number of rotatable bonds is 3. The van der Waals surface area contributed by atoms with Gasteiger partial charge in [0.2, 0.25) is 5.88 Å². The molecule has 0 aliphatic heterocycles. The molecule has 1 aromatic heterocycles. The van der Waals surface area contributed by atoms with E-state index in [1.165, 1.54) is 18.2 Å². The lowest BCUT2D eigenvalue weighted by atomic mass is 10.3. The number of aliphatic hydroxyl groups excluding tert-OH is 1. The third-order valence-electron chi connectivity index (χ3n) is 1.97. The van der Waals surface area contributed by atoms with Crippen LogP contribution in [0.3, 0.4) is 0 Å². The van der Waals surface area contributed by atoms with Gasteiger partial charge < -0.3 is 9.84 Å². The van der Waals surface area contributed by atoms with Crippen molar-refractivity contribution in [3.63, 3.8) is 0 Å². The first-order valence-electron chi connectivity index (χ1n) is 4.75. The fraction of sp³-hybridized carbons (Fsp3) is 0.0909. The predicted molar refractivity (Wildman–Crippen MR) is 62.1 cm³/mol. The highest BCUT2D eigenvalue weighted by Gasteiger charge is 2.06. The second-order valence-electron chi connectivity index (χ2n) is 3.20. The van der Waals surface area contributed by atoms with E-state index in [2.05, 4.69) is 26.1 Å². The molecule has 0 unspecified atom stereocenters. The number of aliphatic hydroxyl groups is 1. The number of benzene rings is 1. The normalized spacial score (nSPS) is 10.3. The van der Waals surface area contributed by atoms with Crippen LogP contribution in [0.1, 0.15) is 5.69 Å². The monoisotopic (exact) mass is 298 g/mol. The number of ether oxygens (including phenoxy) is 1. The van der Waals surface area contributed by atoms with Crippen LogP contribution in [-0.2, 0) is 6.61 Å². The number of nitrogens with zero attached hydrogens (tertiary/aromatic N) is 2. The second kappa shape index (κ2) is 5.20. The summed E-state index contributed by atoms with van der Waals surface area (Å²) in [6, 6.07) is 7.51. The number of hydrogen-bond donors (Lipinski definition) is 1. The van der Waals surface area contributed by atoms with E-state index in [-0.39, 0.29) is 18.2 Å². The Morgan fingerprint density at radius 2 is 2.06 bits per heavy atom. The molecule has 2 rings (SSSR count). The van der Waals surface area contributed by atoms with Gasteiger partial charge in [0.05, 0.1) is 12.3 Å². The topological polar surface area (TPSA) is 55.2 Å². The average Bonchev–Trinajstić information content (AvgIpc) is 2.34. The highest BCUT2D eigenvalue weighted by atomic mass is 79.9. The SMILES string of the molecule is OCc1ccc(Oc2ccc(Br)cc2F)nn1. The molecular weight excluding hydrogens is 291 g/mol. The third kappa shape index (κ3) is 2.98. The van der Waals surface area contributed by atoms with Crippen molar-refractivity contribution in [3.05, 3.63) is 46.3 Å². The lowest BCUT2D eigenvalue weighted by molar-refractivity contribution is 0.274. The number of hydrogen-bond acceptors (Lipinski definition) is 4. The molecule has 6 heteroatoms. The van der Waals surface area contributed by atoms with Gasteiger partial charge in [0.15, 0.2) is 11.6 Å². The van der Waals surface area contributed by atoms with E-state index < -0.39 is 5.82 Å². The van der Waals surface area contributed by atoms with Crippen LogP contribution in [-0.4, -0.2) is 15.3 Å². The molecule has 0 aliphatic carbocycles. The Kier molecular flexibility index (Phi) is 3.65. The van der Waals surface area contributed by atoms with E-state index in [0.717, 1.165) is 0 Å². The van der Waals surface area contributed by atoms with Crippen molar-refractivity contribution in [3.8, 4) is 11.6 Å². The van der Waals surface area contributed by atoms with Gasteiger partial charge in [-0.1, -0.05) is 15.9 Å². The molecule has 1 aromatic carbocycles. The molecule has 0 fully saturated rings. The Labute approximate surface area is 105 Å². The fourth-order valence-electron chi connectivity index (χ4n) is 1.16. The van der Waals surface area contributed by atoms with E-state index in [4.69, 9.17) is 9.84 Å². The molecule has 0 radical (unpaired) electrons. The Hall–Kier alpha value is -1.53. The quantitative estimate of drug-likeness (QED) is 0.946. The van der Waals surface area contributed by atoms with Gasteiger partial charge in [-0.25, -0.2) is 4.39 Å². The minimum Gasteiger partial charge on any atom is -0.434 e. The molecule has 4 nitrogen and oxygen atoms in total. The van der Waals surface area contributed by atoms with Crippen LogP contribution >= 0.6 is 15.9 Å². The van der Waals surface area contributed by atoms with Crippen LogP contribution in [0, 0.1) is 5.82 Å². The van der Waals surface area contributed by atoms with Gasteiger partial charge in [-0.2, -0.15) is 0 Å². The van der Waals surface area contributed by atoms with Crippen LogP contribution in [0.25, 0.3) is 0 Å². The highest BCUT2D eigenvalue weighted by Crippen LogP contribution is 2.25. The Balaban J connectivity index is 2.19. The molecule has 1 heterocycles. The molecule has 0 amide bonds. The van der Waals surface area contributed by atoms with Gasteiger partial charge in [-0.05, 0) is 24.3 Å². The van der Waals surface area contributed by atoms with E-state index in [0.29, 0.717) is 10.2 Å². The standard InChI is InChI=1S/C11H8BrFN2O2/c12-7-1-3-10(9(13)5-7)17-11-4-2-8(6-16)14-15-11/h1-5,16H,6H2. The first-order chi connectivity index (χ1) is 8.19. The van der Waals surface area contributed by atoms with Gasteiger partial charge in [0.25, 0.3) is 0 Å². The summed E-state index contributed by atoms with van der Waals surface area (Å²) in [7, 11) is 0. The number of halogens is 2. The summed E-state index contributed by atoms with van der Waals surface area (Å²) >= 11 is 3.15. The number of aromatic nitrogens is 2. The summed E-state index contributed by atoms with van der Waals surface area (Å²) in [6.07, 6.45) is 0. The molecule has 0 saturated heterocycles. The summed E-state index contributed by atoms with van der Waals surface area (Å²) < 4.78 is 19.3. The van der Waals surface area contributed by atoms with Crippen LogP contribution in [0.15, 0.2) is 34.8 Å². The first-order valence-corrected chi connectivity index (χ1v) is 5.54. The van der Waals surface area contributed by atoms with Crippen molar-refractivity contribution in [1.82, 2.24) is 10.2 Å². The zero-order valence-corrected chi connectivity index (χ0v) is 10.2. The minimum absolute atomic E-state index is 0.0687. The van der Waals surface area contributed by atoms with Crippen molar-refractivity contribution in [1.29, 1.82) is 0 Å². The summed E-state index contributed by atoms with van der Waals surface area (Å²) in [5.74, 6) is -0.255. The Morgan fingerprint density at radius 3 is 2.65 bits per heavy atom. The Morgan fingerprint density at radius 1 is 1.24 bits per heavy atom. The van der Waals surface area contributed by atoms with E-state index in [1.807, 2.05) is 0 Å². The molecular formula is C11H8BrFN2O2. The van der Waals surface area contributed by atoms with Crippen LogP contribution < -0.4 is 4.74 Å². The van der Waals surface area contributed by atoms with E-state index in [9.17, 15) is 4.39 Å². The maximum atomic E-state index is 13.4. The minimum atomic E-state index is -0.493. The molecule has 0 bridgehead atoms. The van der Waals surface area contributed by atoms with Gasteiger partial charge in [0, 0.05) is 10.5 Å². The third-order valence-corrected chi connectivity index (χ3v) is 2.46. The van der Waals surface area contributed by atoms with Gasteiger partial charge in [-0.3, -0.25) is 0 Å². The molecule has 0 saturated carbocycles. The lowest BCUT2D eigenvalue weighted by Gasteiger charge is -2.05. The zero-order valence-electron chi connectivity index (χ0n) is 8.60. The van der Waals surface area contributed by atoms with Crippen molar-refractivity contribution < 1.29 is 14.2 Å². The van der Waals surface area contributed by atoms with Crippen LogP contribution in [0.5, 0.6) is 11.6 Å². The van der Waals surface area contributed by atoms with Gasteiger partial charge in [0.1, 0.15) is 0 Å². The fourth-order valence-corrected chi connectivity index (χ4v) is 1.49. The molecule has 88 valence electrons. The summed E-state index contributed by atoms with van der Waals surface area (Å²) in [6.45, 7) is -0.195. The molecule has 2 aromatic rings. The molecule has 0 spiro atoms. The van der Waals surface area contributed by atoms with Gasteiger partial charge in [-0.15, -0.1) is 10.2 Å². The van der Waals surface area contributed by atoms with Crippen molar-refractivity contribution in [2.45, 2.75) is 6.61 Å². The van der Waals surface area contributed by atoms with Crippen LogP contribution in [0.2, 0.25) is 0 Å². The van der Waals surface area contributed by atoms with Crippen molar-refractivity contribution in [2.75, 3.05) is 0 Å². The molecule has 0 atom stereocenters. The predicted octanol–water partition coefficient (Wildman–Crippen LogP) is 2.66. The summed E-state index contributed by atoms with van der Waals surface area (Å²) in [4.78, 5) is 0. The Bertz CT molecular complexity index is 519. The molecule has 0 aliphatic rings. The zero-order chi connectivity index (χ0) is 12.3. The average molecular weight is 299 g/mol. The van der Waals surface area contributed by atoms with E-state index in [1.54, 1.807) is 12.1 Å². The maximum absolute atomic E-state index is 13.4. The maximum Gasteiger partial charge on any atom is 0.239 e. The molecule has 1 N–H and O–H groups in total. The highest BCUT2D eigenvalue weighted by molar-refractivity contribution is 9.10. The summed E-state index contributed by atoms with van der Waals surface area (Å²) in [5, 5.41) is 16.2. The first kappa shape index (κ1) is 11.9. The smallest absolute Gasteiger partial charge is 0.239 e. The van der Waals surface area contributed by atoms with Crippen molar-refractivity contribution in [2.24, 2.45) is 0 Å². The second-order valence-corrected chi connectivity index (χ2v) is 4.11. The lowest BCUT2D eigenvalue weighted by Crippen LogP contribution is -1.96. The van der Waals surface area contributed by atoms with Crippen molar-refractivity contribution >= 4 is 15.9 Å². The largest absolute Gasteiger partial charge is 0.434 e. The van der Waals surface area contributed by atoms with E-state index >= 15 is 0 Å². The summed E-state index contributed by atoms with van der Waals surface area (Å²) in [5.41, 5.74) is 0.425.